The van der Waals surface area contributed by atoms with Gasteiger partial charge < -0.3 is 49.7 Å². The van der Waals surface area contributed by atoms with E-state index in [1.54, 1.807) is 0 Å². The number of hydrogen-bond acceptors (Lipinski definition) is 9. The lowest BCUT2D eigenvalue weighted by Crippen LogP contribution is -2.54. The molecule has 4 saturated heterocycles. The first-order valence-corrected chi connectivity index (χ1v) is 22.4. The van der Waals surface area contributed by atoms with Gasteiger partial charge in [-0.25, -0.2) is 19.6 Å². The molecular weight excluding hydrogens is 805 g/mol. The van der Waals surface area contributed by atoms with Crippen LogP contribution < -0.4 is 10.6 Å². The Morgan fingerprint density at radius 3 is 1.89 bits per heavy atom. The zero-order valence-corrected chi connectivity index (χ0v) is 35.1. The Bertz CT molecular complexity index is 2600. The number of imidazole rings is 2. The summed E-state index contributed by atoms with van der Waals surface area (Å²) in [6, 6.07) is 17.2. The van der Waals surface area contributed by atoms with Crippen molar-refractivity contribution >= 4 is 45.8 Å². The Hall–Kier alpha value is -6.00. The van der Waals surface area contributed by atoms with Gasteiger partial charge in [0.05, 0.1) is 35.9 Å². The number of aromatic amines is 2. The number of piperidine rings is 2. The van der Waals surface area contributed by atoms with Crippen LogP contribution in [0.4, 0.5) is 9.59 Å². The van der Waals surface area contributed by atoms with Gasteiger partial charge in [0.2, 0.25) is 11.8 Å². The molecule has 16 nitrogen and oxygen atoms in total. The van der Waals surface area contributed by atoms with Gasteiger partial charge in [0.25, 0.3) is 0 Å². The molecule has 4 amide bonds. The Balaban J connectivity index is 0.806. The SMILES string of the molecule is COC(=O)N[C@H](C(=O)N1[C@@H]2C[C@H]2C[C@H]1c1nc2cc(-c3ccc4cc(-c5c[nH]c([C@@H]6C[C@H]7C[C@H]7N6C(=O)[C@@H](NC(=O)O)C6CCOCC6)n5)ccc4c3)ccc2[nH]1)C1CCOCC1. The number of carbonyl (C=O) groups excluding carboxylic acids is 3. The van der Waals surface area contributed by atoms with Crippen LogP contribution in [0.25, 0.3) is 44.2 Å². The standard InChI is InChI=1S/C47H52N8O8/c1-61-47(60)53-41(25-10-14-63-15-11-25)45(57)55-37-20-32(37)22-39(55)43-49-33-7-6-29(18-34(33)50-43)27-2-3-28-17-30(5-4-26(28)16-27)35-23-48-42(51-35)38-21-31-19-36(31)54(38)44(56)40(52-46(58)59)24-8-12-62-13-9-24/h2-7,16-18,23-25,31-32,36-41,52H,8-15,19-22H2,1H3,(H,48,51)(H,49,50)(H,53,60)(H,58,59)/t31-,32+,36-,37-,38+,39+,40+,41+/m1/s1. The number of alkyl carbamates (subject to hydrolysis) is 1. The van der Waals surface area contributed by atoms with E-state index in [1.807, 2.05) is 22.1 Å². The molecule has 3 aromatic carbocycles. The minimum Gasteiger partial charge on any atom is -0.465 e. The van der Waals surface area contributed by atoms with Crippen molar-refractivity contribution in [3.63, 3.8) is 0 Å². The van der Waals surface area contributed by atoms with Crippen molar-refractivity contribution in [2.45, 2.75) is 87.6 Å². The number of rotatable bonds is 10. The minimum atomic E-state index is -1.19. The van der Waals surface area contributed by atoms with E-state index in [0.717, 1.165) is 81.5 Å². The number of nitrogens with zero attached hydrogens (tertiary/aromatic N) is 4. The van der Waals surface area contributed by atoms with Gasteiger partial charge in [0.1, 0.15) is 23.7 Å². The fourth-order valence-corrected chi connectivity index (χ4v) is 11.1. The highest BCUT2D eigenvalue weighted by Crippen LogP contribution is 2.55. The average molecular weight is 857 g/mol. The number of aromatic nitrogens is 4. The third kappa shape index (κ3) is 7.46. The van der Waals surface area contributed by atoms with E-state index in [4.69, 9.17) is 24.2 Å². The van der Waals surface area contributed by atoms with Crippen LogP contribution in [0.15, 0.2) is 60.8 Å². The molecule has 8 atom stereocenters. The first-order valence-electron chi connectivity index (χ1n) is 22.4. The molecule has 6 aliphatic rings. The summed E-state index contributed by atoms with van der Waals surface area (Å²) in [5.74, 6) is 1.92. The summed E-state index contributed by atoms with van der Waals surface area (Å²) in [7, 11) is 1.32. The van der Waals surface area contributed by atoms with Gasteiger partial charge in [-0.3, -0.25) is 9.59 Å². The van der Waals surface area contributed by atoms with E-state index in [1.165, 1.54) is 7.11 Å². The first-order chi connectivity index (χ1) is 30.7. The summed E-state index contributed by atoms with van der Waals surface area (Å²) < 4.78 is 16.0. The molecule has 6 heterocycles. The predicted molar refractivity (Wildman–Crippen MR) is 230 cm³/mol. The number of H-pyrrole nitrogens is 2. The second kappa shape index (κ2) is 16.0. The number of nitrogens with one attached hydrogen (secondary N) is 4. The minimum absolute atomic E-state index is 0.0291. The zero-order valence-electron chi connectivity index (χ0n) is 35.1. The van der Waals surface area contributed by atoms with Gasteiger partial charge in [-0.05, 0) is 121 Å². The molecule has 2 aromatic heterocycles. The van der Waals surface area contributed by atoms with Crippen molar-refractivity contribution < 1.29 is 38.5 Å². The van der Waals surface area contributed by atoms with E-state index in [0.29, 0.717) is 63.9 Å². The number of ether oxygens (including phenoxy) is 3. The maximum atomic E-state index is 14.3. The van der Waals surface area contributed by atoms with Crippen molar-refractivity contribution in [3.05, 3.63) is 72.4 Å². The number of likely N-dealkylation sites (tertiary alicyclic amines) is 2. The molecule has 63 heavy (non-hydrogen) atoms. The maximum Gasteiger partial charge on any atom is 0.407 e. The Morgan fingerprint density at radius 2 is 1.27 bits per heavy atom. The van der Waals surface area contributed by atoms with E-state index in [-0.39, 0.29) is 47.8 Å². The maximum absolute atomic E-state index is 14.3. The van der Waals surface area contributed by atoms with Crippen LogP contribution in [-0.4, -0.2) is 117 Å². The van der Waals surface area contributed by atoms with Crippen LogP contribution >= 0.6 is 0 Å². The lowest BCUT2D eigenvalue weighted by Gasteiger charge is -2.35. The highest BCUT2D eigenvalue weighted by molar-refractivity contribution is 5.92. The number of fused-ring (bicyclic) bond motifs is 4. The highest BCUT2D eigenvalue weighted by Gasteiger charge is 2.58. The Morgan fingerprint density at radius 1 is 0.714 bits per heavy atom. The molecule has 0 spiro atoms. The number of methoxy groups -OCH3 is 1. The molecule has 2 saturated carbocycles. The van der Waals surface area contributed by atoms with Crippen molar-refractivity contribution in [1.82, 2.24) is 40.4 Å². The molecule has 5 aromatic rings. The van der Waals surface area contributed by atoms with Crippen molar-refractivity contribution in [2.75, 3.05) is 33.5 Å². The molecule has 0 bridgehead atoms. The van der Waals surface area contributed by atoms with E-state index in [9.17, 15) is 24.3 Å². The summed E-state index contributed by atoms with van der Waals surface area (Å²) in [6.45, 7) is 2.16. The van der Waals surface area contributed by atoms with Gasteiger partial charge >= 0.3 is 12.2 Å². The van der Waals surface area contributed by atoms with Gasteiger partial charge in [-0.2, -0.15) is 0 Å². The summed E-state index contributed by atoms with van der Waals surface area (Å²) in [5.41, 5.74) is 5.54. The van der Waals surface area contributed by atoms with Crippen LogP contribution in [0.5, 0.6) is 0 Å². The smallest absolute Gasteiger partial charge is 0.407 e. The van der Waals surface area contributed by atoms with Crippen LogP contribution in [-0.2, 0) is 23.8 Å². The molecular formula is C47H52N8O8. The largest absolute Gasteiger partial charge is 0.465 e. The topological polar surface area (TPSA) is 204 Å². The van der Waals surface area contributed by atoms with Gasteiger partial charge in [0.15, 0.2) is 0 Å². The van der Waals surface area contributed by atoms with Crippen LogP contribution in [0.1, 0.15) is 75.1 Å². The quantitative estimate of drug-likeness (QED) is 0.106. The molecule has 0 radical (unpaired) electrons. The van der Waals surface area contributed by atoms with Crippen LogP contribution in [0, 0.1) is 23.7 Å². The summed E-state index contributed by atoms with van der Waals surface area (Å²) in [6.07, 6.45) is 6.30. The van der Waals surface area contributed by atoms with Crippen molar-refractivity contribution in [1.29, 1.82) is 0 Å². The molecule has 5 N–H and O–H groups in total. The second-order valence-corrected chi connectivity index (χ2v) is 18.4. The number of amides is 4. The van der Waals surface area contributed by atoms with E-state index in [2.05, 4.69) is 69.1 Å². The molecule has 16 heteroatoms. The Kier molecular flexibility index (Phi) is 10.1. The van der Waals surface area contributed by atoms with Gasteiger partial charge in [-0.15, -0.1) is 0 Å². The third-order valence-corrected chi connectivity index (χ3v) is 14.7. The molecule has 6 fully saturated rings. The van der Waals surface area contributed by atoms with Crippen molar-refractivity contribution in [3.8, 4) is 22.4 Å². The predicted octanol–water partition coefficient (Wildman–Crippen LogP) is 6.31. The number of carbonyl (C=O) groups is 4. The molecule has 4 aliphatic heterocycles. The van der Waals surface area contributed by atoms with Gasteiger partial charge in [-0.1, -0.05) is 30.3 Å². The number of benzene rings is 3. The third-order valence-electron chi connectivity index (χ3n) is 14.7. The zero-order chi connectivity index (χ0) is 42.9. The highest BCUT2D eigenvalue weighted by atomic mass is 16.5. The Labute approximate surface area is 363 Å². The number of carboxylic acid groups (broad SMARTS) is 1. The fourth-order valence-electron chi connectivity index (χ4n) is 11.1. The van der Waals surface area contributed by atoms with Crippen molar-refractivity contribution in [2.24, 2.45) is 23.7 Å². The van der Waals surface area contributed by atoms with Crippen LogP contribution in [0.2, 0.25) is 0 Å². The first kappa shape index (κ1) is 39.8. The molecule has 2 aliphatic carbocycles. The molecule has 11 rings (SSSR count). The summed E-state index contributed by atoms with van der Waals surface area (Å²) in [5, 5.41) is 17.2. The normalized spacial score (nSPS) is 26.6. The molecule has 0 unspecified atom stereocenters. The fraction of sp³-hybridized carbons (Fsp3) is 0.489. The van der Waals surface area contributed by atoms with E-state index >= 15 is 0 Å². The van der Waals surface area contributed by atoms with E-state index < -0.39 is 24.3 Å². The monoisotopic (exact) mass is 856 g/mol. The van der Waals surface area contributed by atoms with Crippen LogP contribution in [0.3, 0.4) is 0 Å². The summed E-state index contributed by atoms with van der Waals surface area (Å²) in [4.78, 5) is 73.5. The lowest BCUT2D eigenvalue weighted by atomic mass is 9.90. The second-order valence-electron chi connectivity index (χ2n) is 18.4. The average Bonchev–Trinajstić information content (AvgIpc) is 3.93. The lowest BCUT2D eigenvalue weighted by molar-refractivity contribution is -0.138. The summed E-state index contributed by atoms with van der Waals surface area (Å²) >= 11 is 0. The number of hydrogen-bond donors (Lipinski definition) is 5. The molecule has 328 valence electrons. The van der Waals surface area contributed by atoms with Gasteiger partial charge in [0, 0.05) is 50.3 Å².